The maximum atomic E-state index is 12.9. The van der Waals surface area contributed by atoms with Crippen molar-refractivity contribution in [2.45, 2.75) is 59.4 Å². The summed E-state index contributed by atoms with van der Waals surface area (Å²) in [5.41, 5.74) is 1.76. The summed E-state index contributed by atoms with van der Waals surface area (Å²) in [6, 6.07) is 0.0303. The second kappa shape index (κ2) is 9.52. The van der Waals surface area contributed by atoms with E-state index in [1.807, 2.05) is 0 Å². The molecule has 1 heterocycles. The first kappa shape index (κ1) is 21.7. The summed E-state index contributed by atoms with van der Waals surface area (Å²) in [5, 5.41) is 0. The lowest BCUT2D eigenvalue weighted by atomic mass is 10.0. The smallest absolute Gasteiger partial charge is 0.355 e. The predicted molar refractivity (Wildman–Crippen MR) is 101 cm³/mol. The molecule has 1 fully saturated rings. The van der Waals surface area contributed by atoms with E-state index in [9.17, 15) is 19.2 Å². The van der Waals surface area contributed by atoms with Crippen molar-refractivity contribution in [3.05, 3.63) is 22.5 Å². The minimum atomic E-state index is -0.508. The average molecular weight is 392 g/mol. The number of aromatic nitrogens is 1. The van der Waals surface area contributed by atoms with Crippen LogP contribution in [0.1, 0.15) is 71.6 Å². The van der Waals surface area contributed by atoms with Crippen molar-refractivity contribution >= 4 is 23.6 Å². The van der Waals surface area contributed by atoms with Crippen molar-refractivity contribution in [3.63, 3.8) is 0 Å². The first-order chi connectivity index (χ1) is 13.3. The molecule has 0 aromatic carbocycles. The van der Waals surface area contributed by atoms with E-state index < -0.39 is 11.9 Å². The topological polar surface area (TPSA) is 106 Å². The van der Waals surface area contributed by atoms with Crippen LogP contribution < -0.4 is 0 Å². The molecule has 8 heteroatoms. The molecule has 2 rings (SSSR count). The number of nitrogens with one attached hydrogen (secondary N) is 1. The fourth-order valence-electron chi connectivity index (χ4n) is 3.20. The number of carbonyl (C=O) groups excluding carboxylic acids is 4. The van der Waals surface area contributed by atoms with Crippen molar-refractivity contribution in [1.29, 1.82) is 0 Å². The Morgan fingerprint density at radius 2 is 1.68 bits per heavy atom. The highest BCUT2D eigenvalue weighted by molar-refractivity contribution is 6.04. The van der Waals surface area contributed by atoms with Crippen LogP contribution in [0.15, 0.2) is 0 Å². The molecule has 0 saturated heterocycles. The molecule has 1 saturated carbocycles. The van der Waals surface area contributed by atoms with Gasteiger partial charge in [-0.25, -0.2) is 4.79 Å². The van der Waals surface area contributed by atoms with Gasteiger partial charge >= 0.3 is 11.9 Å². The maximum absolute atomic E-state index is 12.9. The van der Waals surface area contributed by atoms with Gasteiger partial charge in [0.2, 0.25) is 5.91 Å². The molecule has 8 nitrogen and oxygen atoms in total. The highest BCUT2D eigenvalue weighted by Gasteiger charge is 2.35. The molecule has 1 aromatic heterocycles. The van der Waals surface area contributed by atoms with Gasteiger partial charge in [-0.15, -0.1) is 0 Å². The zero-order valence-electron chi connectivity index (χ0n) is 16.9. The van der Waals surface area contributed by atoms with Crippen molar-refractivity contribution < 1.29 is 28.7 Å². The second-order valence-electron chi connectivity index (χ2n) is 6.83. The van der Waals surface area contributed by atoms with E-state index in [1.54, 1.807) is 27.7 Å². The van der Waals surface area contributed by atoms with Crippen LogP contribution in [0.3, 0.4) is 0 Å². The van der Waals surface area contributed by atoms with E-state index in [4.69, 9.17) is 9.47 Å². The Morgan fingerprint density at radius 3 is 2.25 bits per heavy atom. The third kappa shape index (κ3) is 5.21. The number of H-pyrrole nitrogens is 1. The van der Waals surface area contributed by atoms with Gasteiger partial charge in [-0.05, 0) is 46.1 Å². The van der Waals surface area contributed by atoms with E-state index in [0.29, 0.717) is 16.8 Å². The van der Waals surface area contributed by atoms with Crippen molar-refractivity contribution in [2.75, 3.05) is 19.8 Å². The van der Waals surface area contributed by atoms with E-state index >= 15 is 0 Å². The summed E-state index contributed by atoms with van der Waals surface area (Å²) in [7, 11) is 0. The van der Waals surface area contributed by atoms with Crippen molar-refractivity contribution in [1.82, 2.24) is 9.88 Å². The van der Waals surface area contributed by atoms with E-state index in [-0.39, 0.29) is 56.0 Å². The number of aryl methyl sites for hydroxylation is 1. The Bertz CT molecular complexity index is 763. The van der Waals surface area contributed by atoms with Gasteiger partial charge in [-0.2, -0.15) is 0 Å². The zero-order valence-corrected chi connectivity index (χ0v) is 16.9. The van der Waals surface area contributed by atoms with Crippen LogP contribution in [0.25, 0.3) is 0 Å². The third-order valence-corrected chi connectivity index (χ3v) is 4.67. The molecule has 1 aromatic rings. The second-order valence-corrected chi connectivity index (χ2v) is 6.83. The molecule has 0 aliphatic heterocycles. The summed E-state index contributed by atoms with van der Waals surface area (Å²) in [5.74, 6) is -1.40. The Balaban J connectivity index is 2.09. The number of esters is 2. The summed E-state index contributed by atoms with van der Waals surface area (Å²) in [6.07, 6.45) is 1.70. The summed E-state index contributed by atoms with van der Waals surface area (Å²) < 4.78 is 9.86. The van der Waals surface area contributed by atoms with Gasteiger partial charge in [0.15, 0.2) is 5.78 Å². The number of aromatic amines is 1. The van der Waals surface area contributed by atoms with Gasteiger partial charge in [0, 0.05) is 23.7 Å². The van der Waals surface area contributed by atoms with Crippen LogP contribution in [0.2, 0.25) is 0 Å². The number of carbonyl (C=O) groups is 4. The fourth-order valence-corrected chi connectivity index (χ4v) is 3.20. The van der Waals surface area contributed by atoms with Gasteiger partial charge in [0.05, 0.1) is 26.2 Å². The molecule has 1 aliphatic carbocycles. The Kier molecular flexibility index (Phi) is 7.37. The number of nitrogens with zero attached hydrogens (tertiary/aromatic N) is 1. The maximum Gasteiger partial charge on any atom is 0.355 e. The van der Waals surface area contributed by atoms with Crippen LogP contribution in [-0.2, 0) is 19.1 Å². The molecule has 0 spiro atoms. The van der Waals surface area contributed by atoms with Crippen LogP contribution in [0, 0.1) is 13.8 Å². The third-order valence-electron chi connectivity index (χ3n) is 4.67. The lowest BCUT2D eigenvalue weighted by Gasteiger charge is -2.21. The number of ketones is 1. The summed E-state index contributed by atoms with van der Waals surface area (Å²) in [6.45, 7) is 7.26. The molecule has 1 aliphatic rings. The van der Waals surface area contributed by atoms with Crippen molar-refractivity contribution in [2.24, 2.45) is 0 Å². The minimum Gasteiger partial charge on any atom is -0.466 e. The summed E-state index contributed by atoms with van der Waals surface area (Å²) >= 11 is 0. The van der Waals surface area contributed by atoms with Gasteiger partial charge in [-0.1, -0.05) is 0 Å². The first-order valence-corrected chi connectivity index (χ1v) is 9.64. The van der Waals surface area contributed by atoms with E-state index in [1.165, 1.54) is 4.90 Å². The molecule has 1 N–H and O–H groups in total. The monoisotopic (exact) mass is 392 g/mol. The molecule has 154 valence electrons. The number of rotatable bonds is 10. The average Bonchev–Trinajstić information content (AvgIpc) is 3.43. The fraction of sp³-hybridized carbons (Fsp3) is 0.600. The van der Waals surface area contributed by atoms with Gasteiger partial charge in [-0.3, -0.25) is 14.4 Å². The largest absolute Gasteiger partial charge is 0.466 e. The van der Waals surface area contributed by atoms with Gasteiger partial charge in [0.1, 0.15) is 5.69 Å². The molecule has 28 heavy (non-hydrogen) atoms. The first-order valence-electron chi connectivity index (χ1n) is 9.64. The SMILES string of the molecule is CCOC(=O)CCC(=O)N(CC(=O)c1c(C)[nH]c(C(=O)OCC)c1C)C1CC1. The standard InChI is InChI=1S/C20H28N2O6/c1-5-27-17(25)10-9-16(24)22(14-7-8-14)11-15(23)18-12(3)19(21-13(18)4)20(26)28-6-2/h14,21H,5-11H2,1-4H3. The Hall–Kier alpha value is -2.64. The number of hydrogen-bond donors (Lipinski definition) is 1. The lowest BCUT2D eigenvalue weighted by molar-refractivity contribution is -0.145. The number of amides is 1. The summed E-state index contributed by atoms with van der Waals surface area (Å²) in [4.78, 5) is 53.5. The zero-order chi connectivity index (χ0) is 20.8. The van der Waals surface area contributed by atoms with Crippen molar-refractivity contribution in [3.8, 4) is 0 Å². The quantitative estimate of drug-likeness (QED) is 0.484. The van der Waals surface area contributed by atoms with Crippen LogP contribution >= 0.6 is 0 Å². The van der Waals surface area contributed by atoms with E-state index in [0.717, 1.165) is 12.8 Å². The Morgan fingerprint density at radius 1 is 1.04 bits per heavy atom. The molecule has 0 bridgehead atoms. The van der Waals surface area contributed by atoms with Gasteiger partial charge in [0.25, 0.3) is 0 Å². The van der Waals surface area contributed by atoms with Gasteiger partial charge < -0.3 is 19.4 Å². The van der Waals surface area contributed by atoms with Crippen LogP contribution in [0.4, 0.5) is 0 Å². The normalized spacial score (nSPS) is 13.1. The Labute approximate surface area is 164 Å². The molecular weight excluding hydrogens is 364 g/mol. The molecule has 0 radical (unpaired) electrons. The van der Waals surface area contributed by atoms with Crippen LogP contribution in [0.5, 0.6) is 0 Å². The van der Waals surface area contributed by atoms with E-state index in [2.05, 4.69) is 4.98 Å². The molecule has 0 unspecified atom stereocenters. The molecule has 0 atom stereocenters. The molecular formula is C20H28N2O6. The highest BCUT2D eigenvalue weighted by atomic mass is 16.5. The lowest BCUT2D eigenvalue weighted by Crippen LogP contribution is -2.38. The molecule has 1 amide bonds. The number of hydrogen-bond acceptors (Lipinski definition) is 6. The number of ether oxygens (including phenoxy) is 2. The number of Topliss-reactive ketones (excluding diaryl/α,β-unsaturated/α-hetero) is 1. The van der Waals surface area contributed by atoms with Crippen LogP contribution in [-0.4, -0.2) is 59.3 Å². The highest BCUT2D eigenvalue weighted by Crippen LogP contribution is 2.29. The minimum absolute atomic E-state index is 0.000694. The predicted octanol–water partition coefficient (Wildman–Crippen LogP) is 2.33.